The summed E-state index contributed by atoms with van der Waals surface area (Å²) in [6, 6.07) is 5.18. The molecule has 0 aliphatic carbocycles. The average molecular weight is 312 g/mol. The number of carbonyl (C=O) groups excluding carboxylic acids is 1. The smallest absolute Gasteiger partial charge is 0.250 e. The lowest BCUT2D eigenvalue weighted by molar-refractivity contribution is 0.0366. The van der Waals surface area contributed by atoms with Crippen molar-refractivity contribution in [2.75, 3.05) is 31.1 Å². The lowest BCUT2D eigenvalue weighted by Crippen LogP contribution is -2.38. The number of hydrogen-bond donors (Lipinski definition) is 2. The van der Waals surface area contributed by atoms with Crippen molar-refractivity contribution in [1.29, 1.82) is 0 Å². The molecule has 21 heavy (non-hydrogen) atoms. The van der Waals surface area contributed by atoms with Crippen LogP contribution in [-0.4, -0.2) is 38.3 Å². The summed E-state index contributed by atoms with van der Waals surface area (Å²) in [5, 5.41) is 0.608. The molecule has 1 aliphatic rings. The van der Waals surface area contributed by atoms with E-state index in [0.717, 1.165) is 38.0 Å². The van der Waals surface area contributed by atoms with Gasteiger partial charge in [-0.1, -0.05) is 11.6 Å². The molecule has 0 atom stereocenters. The summed E-state index contributed by atoms with van der Waals surface area (Å²) >= 11 is 6.04. The van der Waals surface area contributed by atoms with Crippen molar-refractivity contribution in [3.05, 3.63) is 28.8 Å². The highest BCUT2D eigenvalue weighted by atomic mass is 35.5. The fourth-order valence-electron chi connectivity index (χ4n) is 2.57. The van der Waals surface area contributed by atoms with Crippen molar-refractivity contribution in [3.63, 3.8) is 0 Å². The van der Waals surface area contributed by atoms with Crippen LogP contribution in [0.3, 0.4) is 0 Å². The molecule has 0 unspecified atom stereocenters. The van der Waals surface area contributed by atoms with E-state index in [0.29, 0.717) is 23.7 Å². The van der Waals surface area contributed by atoms with Gasteiger partial charge in [-0.15, -0.1) is 0 Å². The average Bonchev–Trinajstić information content (AvgIpc) is 2.48. The second kappa shape index (κ2) is 7.64. The molecular weight excluding hydrogens is 290 g/mol. The maximum absolute atomic E-state index is 11.5. The Morgan fingerprint density at radius 1 is 1.38 bits per heavy atom. The van der Waals surface area contributed by atoms with E-state index >= 15 is 0 Å². The molecule has 5 nitrogen and oxygen atoms in total. The molecule has 0 spiro atoms. The Labute approximate surface area is 130 Å². The van der Waals surface area contributed by atoms with Gasteiger partial charge in [-0.2, -0.15) is 0 Å². The number of benzene rings is 1. The maximum Gasteiger partial charge on any atom is 0.250 e. The molecule has 1 fully saturated rings. The molecule has 1 aliphatic heterocycles. The summed E-state index contributed by atoms with van der Waals surface area (Å²) in [4.78, 5) is 13.7. The van der Waals surface area contributed by atoms with Crippen LogP contribution in [0.1, 0.15) is 29.6 Å². The van der Waals surface area contributed by atoms with Crippen LogP contribution >= 0.6 is 11.6 Å². The summed E-state index contributed by atoms with van der Waals surface area (Å²) in [6.07, 6.45) is 3.01. The van der Waals surface area contributed by atoms with Crippen LogP contribution in [0.25, 0.3) is 0 Å². The number of amides is 1. The van der Waals surface area contributed by atoms with Gasteiger partial charge in [0.05, 0.1) is 17.4 Å². The summed E-state index contributed by atoms with van der Waals surface area (Å²) in [6.45, 7) is 3.02. The summed E-state index contributed by atoms with van der Waals surface area (Å²) < 4.78 is 5.78. The molecule has 0 aromatic heterocycles. The normalized spacial score (nSPS) is 16.2. The van der Waals surface area contributed by atoms with Gasteiger partial charge in [-0.05, 0) is 44.0 Å². The van der Waals surface area contributed by atoms with E-state index < -0.39 is 5.91 Å². The molecule has 2 rings (SSSR count). The highest BCUT2D eigenvalue weighted by Crippen LogP contribution is 2.28. The third-order valence-electron chi connectivity index (χ3n) is 3.71. The maximum atomic E-state index is 11.5. The molecule has 0 bridgehead atoms. The van der Waals surface area contributed by atoms with Gasteiger partial charge in [-0.3, -0.25) is 4.79 Å². The van der Waals surface area contributed by atoms with Crippen LogP contribution in [0, 0.1) is 0 Å². The van der Waals surface area contributed by atoms with Gasteiger partial charge in [0.1, 0.15) is 0 Å². The number of nitrogens with zero attached hydrogens (tertiary/aromatic N) is 1. The second-order valence-electron chi connectivity index (χ2n) is 5.23. The first-order valence-electron chi connectivity index (χ1n) is 7.27. The first-order chi connectivity index (χ1) is 10.1. The standard InChI is InChI=1S/C15H22ClN3O2/c16-11-2-3-13(15(18)20)14(10-11)19-7-4-12(5-8-19)21-9-1-6-17/h2-3,10,12H,1,4-9,17H2,(H2,18,20). The van der Waals surface area contributed by atoms with E-state index in [1.807, 2.05) is 0 Å². The van der Waals surface area contributed by atoms with Gasteiger partial charge in [-0.25, -0.2) is 0 Å². The minimum Gasteiger partial charge on any atom is -0.378 e. The number of carbonyl (C=O) groups is 1. The molecule has 116 valence electrons. The molecule has 4 N–H and O–H groups in total. The van der Waals surface area contributed by atoms with Crippen LogP contribution < -0.4 is 16.4 Å². The Kier molecular flexibility index (Phi) is 5.85. The molecule has 1 heterocycles. The number of rotatable bonds is 6. The van der Waals surface area contributed by atoms with Crippen LogP contribution in [0.15, 0.2) is 18.2 Å². The molecule has 6 heteroatoms. The lowest BCUT2D eigenvalue weighted by Gasteiger charge is -2.34. The first kappa shape index (κ1) is 16.1. The van der Waals surface area contributed by atoms with E-state index in [-0.39, 0.29) is 6.10 Å². The third kappa shape index (κ3) is 4.33. The predicted octanol–water partition coefficient (Wildman–Crippen LogP) is 1.77. The highest BCUT2D eigenvalue weighted by molar-refractivity contribution is 6.31. The van der Waals surface area contributed by atoms with E-state index in [1.54, 1.807) is 18.2 Å². The van der Waals surface area contributed by atoms with Crippen molar-refractivity contribution >= 4 is 23.2 Å². The SMILES string of the molecule is NCCCOC1CCN(c2cc(Cl)ccc2C(N)=O)CC1. The number of piperidine rings is 1. The summed E-state index contributed by atoms with van der Waals surface area (Å²) in [7, 11) is 0. The Bertz CT molecular complexity index is 488. The largest absolute Gasteiger partial charge is 0.378 e. The van der Waals surface area contributed by atoms with E-state index in [4.69, 9.17) is 27.8 Å². The molecule has 1 saturated heterocycles. The summed E-state index contributed by atoms with van der Waals surface area (Å²) in [5.41, 5.74) is 12.2. The molecule has 1 aromatic carbocycles. The van der Waals surface area contributed by atoms with Gasteiger partial charge in [0.25, 0.3) is 5.91 Å². The molecule has 1 aromatic rings. The summed E-state index contributed by atoms with van der Waals surface area (Å²) in [5.74, 6) is -0.428. The van der Waals surface area contributed by atoms with Gasteiger partial charge in [0.2, 0.25) is 0 Å². The van der Waals surface area contributed by atoms with Gasteiger partial charge in [0, 0.05) is 24.7 Å². The zero-order valence-corrected chi connectivity index (χ0v) is 12.8. The Hall–Kier alpha value is -1.30. The van der Waals surface area contributed by atoms with Crippen LogP contribution in [0.5, 0.6) is 0 Å². The quantitative estimate of drug-likeness (QED) is 0.785. The Morgan fingerprint density at radius 2 is 2.10 bits per heavy atom. The van der Waals surface area contributed by atoms with Crippen LogP contribution in [-0.2, 0) is 4.74 Å². The third-order valence-corrected chi connectivity index (χ3v) is 3.95. The van der Waals surface area contributed by atoms with Gasteiger partial charge >= 0.3 is 0 Å². The monoisotopic (exact) mass is 311 g/mol. The van der Waals surface area contributed by atoms with Crippen molar-refractivity contribution in [1.82, 2.24) is 0 Å². The minimum absolute atomic E-state index is 0.268. The predicted molar refractivity (Wildman–Crippen MR) is 84.8 cm³/mol. The molecular formula is C15H22ClN3O2. The molecule has 1 amide bonds. The highest BCUT2D eigenvalue weighted by Gasteiger charge is 2.22. The Balaban J connectivity index is 1.99. The number of anilines is 1. The molecule has 0 saturated carbocycles. The number of primary amides is 1. The second-order valence-corrected chi connectivity index (χ2v) is 5.66. The lowest BCUT2D eigenvalue weighted by atomic mass is 10.0. The zero-order chi connectivity index (χ0) is 15.2. The molecule has 0 radical (unpaired) electrons. The van der Waals surface area contributed by atoms with E-state index in [9.17, 15) is 4.79 Å². The van der Waals surface area contributed by atoms with Gasteiger partial charge < -0.3 is 21.1 Å². The number of hydrogen-bond acceptors (Lipinski definition) is 4. The topological polar surface area (TPSA) is 81.6 Å². The fourth-order valence-corrected chi connectivity index (χ4v) is 2.74. The van der Waals surface area contributed by atoms with Crippen LogP contribution in [0.2, 0.25) is 5.02 Å². The number of ether oxygens (including phenoxy) is 1. The van der Waals surface area contributed by atoms with Crippen molar-refractivity contribution in [2.24, 2.45) is 11.5 Å². The minimum atomic E-state index is -0.428. The van der Waals surface area contributed by atoms with E-state index in [2.05, 4.69) is 4.90 Å². The number of nitrogens with two attached hydrogens (primary N) is 2. The van der Waals surface area contributed by atoms with Crippen molar-refractivity contribution < 1.29 is 9.53 Å². The van der Waals surface area contributed by atoms with Crippen LogP contribution in [0.4, 0.5) is 5.69 Å². The zero-order valence-electron chi connectivity index (χ0n) is 12.1. The fraction of sp³-hybridized carbons (Fsp3) is 0.533. The first-order valence-corrected chi connectivity index (χ1v) is 7.65. The number of halogens is 1. The van der Waals surface area contributed by atoms with Crippen molar-refractivity contribution in [2.45, 2.75) is 25.4 Å². The Morgan fingerprint density at radius 3 is 2.71 bits per heavy atom. The van der Waals surface area contributed by atoms with E-state index in [1.165, 1.54) is 0 Å². The van der Waals surface area contributed by atoms with Crippen molar-refractivity contribution in [3.8, 4) is 0 Å². The van der Waals surface area contributed by atoms with Gasteiger partial charge in [0.15, 0.2) is 0 Å².